The van der Waals surface area contributed by atoms with E-state index in [0.717, 1.165) is 44.3 Å². The second kappa shape index (κ2) is 11.7. The van der Waals surface area contributed by atoms with Gasteiger partial charge in [-0.25, -0.2) is 4.98 Å². The van der Waals surface area contributed by atoms with Crippen LogP contribution in [0.2, 0.25) is 0 Å². The van der Waals surface area contributed by atoms with E-state index in [2.05, 4.69) is 169 Å². The van der Waals surface area contributed by atoms with Gasteiger partial charge in [-0.05, 0) is 76.9 Å². The van der Waals surface area contributed by atoms with Crippen LogP contribution in [-0.2, 0) is 0 Å². The number of anilines is 3. The van der Waals surface area contributed by atoms with E-state index in [1.54, 1.807) is 11.3 Å². The fourth-order valence-corrected chi connectivity index (χ4v) is 8.48. The minimum atomic E-state index is 1.03. The van der Waals surface area contributed by atoms with Crippen molar-refractivity contribution in [3.8, 4) is 32.8 Å². The molecule has 9 aromatic rings. The highest BCUT2D eigenvalue weighted by atomic mass is 32.1. The highest BCUT2D eigenvalue weighted by molar-refractivity contribution is 7.25. The number of fused-ring (bicyclic) bond motifs is 4. The molecule has 2 aromatic heterocycles. The Morgan fingerprint density at radius 1 is 0.362 bits per heavy atom. The average molecular weight is 637 g/mol. The summed E-state index contributed by atoms with van der Waals surface area (Å²) in [6, 6.07) is 61.0. The van der Waals surface area contributed by atoms with Gasteiger partial charge in [0.25, 0.3) is 0 Å². The standard InChI is InChI=1S/C43H28N2S2/c1-3-11-29(12-4-1)31-15-9-17-34(25-31)45(36-22-23-38-37-19-7-8-20-40(37)46-42(38)28-36)35-18-10-16-32(26-35)33-21-24-41-39(27-33)44-43(47-41)30-13-5-2-6-14-30/h1-28H. The van der Waals surface area contributed by atoms with Gasteiger partial charge in [-0.15, -0.1) is 22.7 Å². The molecule has 0 saturated heterocycles. The second-order valence-corrected chi connectivity index (χ2v) is 13.8. The smallest absolute Gasteiger partial charge is 0.124 e. The number of nitrogens with zero attached hydrogens (tertiary/aromatic N) is 2. The molecular weight excluding hydrogens is 609 g/mol. The highest BCUT2D eigenvalue weighted by Gasteiger charge is 2.17. The molecular formula is C43H28N2S2. The zero-order chi connectivity index (χ0) is 31.2. The Kier molecular flexibility index (Phi) is 6.89. The topological polar surface area (TPSA) is 16.1 Å². The van der Waals surface area contributed by atoms with Gasteiger partial charge in [0.1, 0.15) is 5.01 Å². The van der Waals surface area contributed by atoms with Crippen molar-refractivity contribution in [2.75, 3.05) is 4.90 Å². The number of hydrogen-bond donors (Lipinski definition) is 0. The largest absolute Gasteiger partial charge is 0.310 e. The fourth-order valence-electron chi connectivity index (χ4n) is 6.39. The van der Waals surface area contributed by atoms with Crippen LogP contribution in [0, 0.1) is 0 Å². The van der Waals surface area contributed by atoms with Crippen molar-refractivity contribution in [1.29, 1.82) is 0 Å². The molecule has 4 heteroatoms. The number of rotatable bonds is 6. The van der Waals surface area contributed by atoms with Gasteiger partial charge in [0.05, 0.1) is 10.2 Å². The van der Waals surface area contributed by atoms with Crippen LogP contribution < -0.4 is 4.90 Å². The SMILES string of the molecule is c1ccc(-c2cccc(N(c3cccc(-c4ccc5sc(-c6ccccc6)nc5c4)c3)c3ccc4c(c3)sc3ccccc34)c2)cc1. The summed E-state index contributed by atoms with van der Waals surface area (Å²) in [6.45, 7) is 0. The highest BCUT2D eigenvalue weighted by Crippen LogP contribution is 2.42. The normalized spacial score (nSPS) is 11.4. The number of hydrogen-bond acceptors (Lipinski definition) is 4. The predicted molar refractivity (Wildman–Crippen MR) is 203 cm³/mol. The van der Waals surface area contributed by atoms with Gasteiger partial charge in [-0.1, -0.05) is 115 Å². The molecule has 0 radical (unpaired) electrons. The van der Waals surface area contributed by atoms with Crippen molar-refractivity contribution in [3.63, 3.8) is 0 Å². The molecule has 47 heavy (non-hydrogen) atoms. The van der Waals surface area contributed by atoms with E-state index in [1.165, 1.54) is 36.0 Å². The molecule has 0 aliphatic rings. The fraction of sp³-hybridized carbons (Fsp3) is 0. The Morgan fingerprint density at radius 3 is 1.72 bits per heavy atom. The van der Waals surface area contributed by atoms with Crippen LogP contribution in [-0.4, -0.2) is 4.98 Å². The van der Waals surface area contributed by atoms with E-state index in [1.807, 2.05) is 17.4 Å². The van der Waals surface area contributed by atoms with Crippen molar-refractivity contribution in [2.24, 2.45) is 0 Å². The average Bonchev–Trinajstić information content (AvgIpc) is 3.74. The third kappa shape index (κ3) is 5.18. The summed E-state index contributed by atoms with van der Waals surface area (Å²) >= 11 is 3.59. The Labute approximate surface area is 281 Å². The first kappa shape index (κ1) is 27.7. The molecule has 2 nitrogen and oxygen atoms in total. The predicted octanol–water partition coefficient (Wildman–Crippen LogP) is 13.1. The van der Waals surface area contributed by atoms with Crippen LogP contribution >= 0.6 is 22.7 Å². The Morgan fingerprint density at radius 2 is 0.957 bits per heavy atom. The minimum Gasteiger partial charge on any atom is -0.310 e. The quantitative estimate of drug-likeness (QED) is 0.181. The van der Waals surface area contributed by atoms with E-state index < -0.39 is 0 Å². The molecule has 0 amide bonds. The Hall–Kier alpha value is -5.55. The van der Waals surface area contributed by atoms with Crippen LogP contribution in [0.3, 0.4) is 0 Å². The van der Waals surface area contributed by atoms with Crippen molar-refractivity contribution in [3.05, 3.63) is 170 Å². The lowest BCUT2D eigenvalue weighted by molar-refractivity contribution is 1.29. The Bertz CT molecular complexity index is 2530. The maximum absolute atomic E-state index is 5.02. The summed E-state index contributed by atoms with van der Waals surface area (Å²) in [5.41, 5.74) is 10.2. The second-order valence-electron chi connectivity index (χ2n) is 11.6. The number of thiazole rings is 1. The minimum absolute atomic E-state index is 1.03. The van der Waals surface area contributed by atoms with Crippen LogP contribution in [0.25, 0.3) is 63.2 Å². The number of thiophene rings is 1. The van der Waals surface area contributed by atoms with Crippen LogP contribution in [0.1, 0.15) is 0 Å². The molecule has 9 rings (SSSR count). The number of aromatic nitrogens is 1. The third-order valence-electron chi connectivity index (χ3n) is 8.68. The van der Waals surface area contributed by atoms with Gasteiger partial charge in [-0.3, -0.25) is 0 Å². The molecule has 2 heterocycles. The molecule has 0 saturated carbocycles. The maximum atomic E-state index is 5.02. The molecule has 0 unspecified atom stereocenters. The summed E-state index contributed by atoms with van der Waals surface area (Å²) in [6.07, 6.45) is 0. The molecule has 0 N–H and O–H groups in total. The first-order chi connectivity index (χ1) is 23.3. The molecule has 0 aliphatic carbocycles. The molecule has 0 spiro atoms. The van der Waals surface area contributed by atoms with Crippen LogP contribution in [0.5, 0.6) is 0 Å². The molecule has 7 aromatic carbocycles. The molecule has 0 aliphatic heterocycles. The summed E-state index contributed by atoms with van der Waals surface area (Å²) < 4.78 is 3.79. The summed E-state index contributed by atoms with van der Waals surface area (Å²) in [5, 5.41) is 3.66. The van der Waals surface area contributed by atoms with Crippen molar-refractivity contribution < 1.29 is 0 Å². The summed E-state index contributed by atoms with van der Waals surface area (Å²) in [7, 11) is 0. The van der Waals surface area contributed by atoms with Gasteiger partial charge in [0, 0.05) is 42.8 Å². The van der Waals surface area contributed by atoms with Gasteiger partial charge in [0.15, 0.2) is 0 Å². The molecule has 0 atom stereocenters. The lowest BCUT2D eigenvalue weighted by Gasteiger charge is -2.26. The zero-order valence-electron chi connectivity index (χ0n) is 25.4. The number of benzene rings is 7. The zero-order valence-corrected chi connectivity index (χ0v) is 27.0. The Balaban J connectivity index is 1.17. The summed E-state index contributed by atoms with van der Waals surface area (Å²) in [5.74, 6) is 0. The van der Waals surface area contributed by atoms with Crippen molar-refractivity contribution >= 4 is 70.1 Å². The molecule has 0 fully saturated rings. The third-order valence-corrected chi connectivity index (χ3v) is 10.9. The monoisotopic (exact) mass is 636 g/mol. The maximum Gasteiger partial charge on any atom is 0.124 e. The summed E-state index contributed by atoms with van der Waals surface area (Å²) in [4.78, 5) is 7.40. The first-order valence-corrected chi connectivity index (χ1v) is 17.3. The van der Waals surface area contributed by atoms with E-state index in [9.17, 15) is 0 Å². The van der Waals surface area contributed by atoms with Crippen molar-refractivity contribution in [2.45, 2.75) is 0 Å². The van der Waals surface area contributed by atoms with Gasteiger partial charge < -0.3 is 4.90 Å². The van der Waals surface area contributed by atoms with Crippen molar-refractivity contribution in [1.82, 2.24) is 4.98 Å². The lowest BCUT2D eigenvalue weighted by Crippen LogP contribution is -2.10. The van der Waals surface area contributed by atoms with E-state index in [0.29, 0.717) is 0 Å². The molecule has 222 valence electrons. The first-order valence-electron chi connectivity index (χ1n) is 15.7. The van der Waals surface area contributed by atoms with Crippen LogP contribution in [0.15, 0.2) is 170 Å². The van der Waals surface area contributed by atoms with Gasteiger partial charge >= 0.3 is 0 Å². The lowest BCUT2D eigenvalue weighted by atomic mass is 10.0. The van der Waals surface area contributed by atoms with E-state index in [4.69, 9.17) is 4.98 Å². The van der Waals surface area contributed by atoms with Gasteiger partial charge in [0.2, 0.25) is 0 Å². The van der Waals surface area contributed by atoms with Crippen LogP contribution in [0.4, 0.5) is 17.1 Å². The van der Waals surface area contributed by atoms with Gasteiger partial charge in [-0.2, -0.15) is 0 Å². The van der Waals surface area contributed by atoms with E-state index in [-0.39, 0.29) is 0 Å². The molecule has 0 bridgehead atoms. The van der Waals surface area contributed by atoms with E-state index >= 15 is 0 Å².